The molecule has 0 radical (unpaired) electrons. The molecule has 1 saturated heterocycles. The molecule has 12 aromatic carbocycles. The van der Waals surface area contributed by atoms with Crippen molar-refractivity contribution in [2.24, 2.45) is 0 Å². The zero-order valence-corrected chi connectivity index (χ0v) is 39.3. The number of rotatable bonds is 3. The summed E-state index contributed by atoms with van der Waals surface area (Å²) in [5.74, 6) is 0. The maximum atomic E-state index is 2.76. The molecule has 0 unspecified atom stereocenters. The van der Waals surface area contributed by atoms with Gasteiger partial charge in [-0.2, -0.15) is 0 Å². The standard InChI is InChI=1S/C66H42B3N3/c1-4-16-46-37-49(28-25-43(46)13-1)52-31-34-61-58(40-52)55-19-7-10-22-64(55)70-67(61)71-65-23-11-8-20-56(65)59-41-54(51-30-27-45-15-3-6-18-48(45)39-51)33-36-63(59)69(71)72-66-24-12-9-21-57(66)60-42-53(32-35-62(60)68(70)72)50-29-26-44-14-2-5-17-47(44)38-50/h1-42H. The summed E-state index contributed by atoms with van der Waals surface area (Å²) in [5.41, 5.74) is 22.6. The van der Waals surface area contributed by atoms with Gasteiger partial charge in [-0.05, 0) is 153 Å². The van der Waals surface area contributed by atoms with E-state index in [9.17, 15) is 0 Å². The van der Waals surface area contributed by atoms with Gasteiger partial charge in [-0.1, -0.05) is 200 Å². The summed E-state index contributed by atoms with van der Waals surface area (Å²) in [5, 5.41) is 7.52. The van der Waals surface area contributed by atoms with Crippen LogP contribution in [0.1, 0.15) is 0 Å². The number of anilines is 3. The largest absolute Gasteiger partial charge is 0.416 e. The van der Waals surface area contributed by atoms with E-state index in [4.69, 9.17) is 0 Å². The lowest BCUT2D eigenvalue weighted by Gasteiger charge is -2.61. The van der Waals surface area contributed by atoms with E-state index in [0.717, 1.165) is 0 Å². The summed E-state index contributed by atoms with van der Waals surface area (Å²) < 4.78 is 8.29. The molecule has 0 spiro atoms. The van der Waals surface area contributed by atoms with Crippen molar-refractivity contribution >= 4 is 86.7 Å². The maximum absolute atomic E-state index is 2.76. The van der Waals surface area contributed by atoms with Crippen molar-refractivity contribution in [3.05, 3.63) is 255 Å². The van der Waals surface area contributed by atoms with E-state index in [0.29, 0.717) is 0 Å². The zero-order valence-electron chi connectivity index (χ0n) is 39.3. The van der Waals surface area contributed by atoms with Crippen molar-refractivity contribution in [2.45, 2.75) is 0 Å². The van der Waals surface area contributed by atoms with Crippen molar-refractivity contribution in [1.82, 2.24) is 0 Å². The second-order valence-corrected chi connectivity index (χ2v) is 20.0. The number of benzene rings is 12. The number of para-hydroxylation sites is 3. The normalized spacial score (nSPS) is 13.7. The van der Waals surface area contributed by atoms with Crippen LogP contribution in [0.3, 0.4) is 0 Å². The molecular formula is C66H42B3N3. The second-order valence-electron chi connectivity index (χ2n) is 20.0. The van der Waals surface area contributed by atoms with Gasteiger partial charge in [-0.3, -0.25) is 0 Å². The first kappa shape index (κ1) is 39.8. The van der Waals surface area contributed by atoms with Crippen molar-refractivity contribution in [3.8, 4) is 66.8 Å². The van der Waals surface area contributed by atoms with Crippen LogP contribution >= 0.6 is 0 Å². The fourth-order valence-electron chi connectivity index (χ4n) is 13.0. The van der Waals surface area contributed by atoms with Gasteiger partial charge in [0.2, 0.25) is 0 Å². The molecule has 0 aliphatic carbocycles. The Labute approximate surface area is 420 Å². The third-order valence-corrected chi connectivity index (χ3v) is 16.2. The predicted molar refractivity (Wildman–Crippen MR) is 308 cm³/mol. The lowest BCUT2D eigenvalue weighted by Crippen LogP contribution is -2.88. The van der Waals surface area contributed by atoms with E-state index in [2.05, 4.69) is 269 Å². The molecule has 4 aliphatic rings. The van der Waals surface area contributed by atoms with E-state index in [1.165, 1.54) is 133 Å². The fraction of sp³-hybridized carbons (Fsp3) is 0. The minimum absolute atomic E-state index is 0.153. The Morgan fingerprint density at radius 3 is 0.764 bits per heavy atom. The number of hydrogen-bond acceptors (Lipinski definition) is 3. The third kappa shape index (κ3) is 5.78. The summed E-state index contributed by atoms with van der Waals surface area (Å²) >= 11 is 0. The minimum atomic E-state index is -0.153. The predicted octanol–water partition coefficient (Wildman–Crippen LogP) is 14.1. The van der Waals surface area contributed by atoms with Gasteiger partial charge in [0.05, 0.1) is 0 Å². The number of nitrogens with zero attached hydrogens (tertiary/aromatic N) is 3. The van der Waals surface area contributed by atoms with Gasteiger partial charge in [0.15, 0.2) is 0 Å². The molecule has 16 rings (SSSR count). The SMILES string of the molecule is c1ccc2c(c1)-c1cc(-c3ccc4ccccc4c3)ccc1B1N2B2c3ccc(-c4ccc5ccccc5c4)cc3-c3ccccc3N2B2c3ccc(-c4ccc5ccccc5c4)cc3-c3ccccc3N12. The van der Waals surface area contributed by atoms with Gasteiger partial charge in [-0.15, -0.1) is 0 Å². The molecular weight excluding hydrogens is 867 g/mol. The Morgan fingerprint density at radius 2 is 0.444 bits per heavy atom. The van der Waals surface area contributed by atoms with Crippen LogP contribution in [0.4, 0.5) is 17.1 Å². The molecule has 4 heterocycles. The molecule has 0 amide bonds. The van der Waals surface area contributed by atoms with Crippen molar-refractivity contribution in [3.63, 3.8) is 0 Å². The average Bonchev–Trinajstić information content (AvgIpc) is 3.46. The summed E-state index contributed by atoms with van der Waals surface area (Å²) in [6.07, 6.45) is 0. The summed E-state index contributed by atoms with van der Waals surface area (Å²) in [6.45, 7) is -0.460. The van der Waals surface area contributed by atoms with Gasteiger partial charge in [-0.25, -0.2) is 0 Å². The molecule has 0 saturated carbocycles. The highest BCUT2D eigenvalue weighted by Gasteiger charge is 2.61. The first-order valence-corrected chi connectivity index (χ1v) is 25.2. The Kier molecular flexibility index (Phi) is 8.44. The minimum Gasteiger partial charge on any atom is -0.416 e. The second kappa shape index (κ2) is 15.3. The molecule has 0 N–H and O–H groups in total. The van der Waals surface area contributed by atoms with Crippen LogP contribution in [-0.2, 0) is 0 Å². The van der Waals surface area contributed by atoms with Gasteiger partial charge in [0.25, 0.3) is 0 Å². The highest BCUT2D eigenvalue weighted by Crippen LogP contribution is 2.50. The van der Waals surface area contributed by atoms with Crippen molar-refractivity contribution in [2.75, 3.05) is 14.2 Å². The van der Waals surface area contributed by atoms with Gasteiger partial charge < -0.3 is 14.2 Å². The van der Waals surface area contributed by atoms with Crippen LogP contribution in [0.15, 0.2) is 255 Å². The Morgan fingerprint density at radius 1 is 0.194 bits per heavy atom. The average molecular weight is 910 g/mol. The molecule has 330 valence electrons. The lowest BCUT2D eigenvalue weighted by molar-refractivity contribution is 1.27. The number of fused-ring (bicyclic) bond motifs is 24. The monoisotopic (exact) mass is 909 g/mol. The maximum Gasteiger partial charge on any atom is 0.389 e. The van der Waals surface area contributed by atoms with Gasteiger partial charge >= 0.3 is 20.9 Å². The first-order valence-electron chi connectivity index (χ1n) is 25.2. The molecule has 0 aromatic heterocycles. The Bertz CT molecular complexity index is 3820. The van der Waals surface area contributed by atoms with Crippen molar-refractivity contribution < 1.29 is 0 Å². The molecule has 0 bridgehead atoms. The van der Waals surface area contributed by atoms with Crippen LogP contribution in [0, 0.1) is 0 Å². The van der Waals surface area contributed by atoms with Gasteiger partial charge in [0.1, 0.15) is 0 Å². The van der Waals surface area contributed by atoms with Crippen molar-refractivity contribution in [1.29, 1.82) is 0 Å². The molecule has 72 heavy (non-hydrogen) atoms. The van der Waals surface area contributed by atoms with E-state index >= 15 is 0 Å². The molecule has 4 aliphatic heterocycles. The molecule has 0 atom stereocenters. The lowest BCUT2D eigenvalue weighted by atomic mass is 9.33. The van der Waals surface area contributed by atoms with Gasteiger partial charge in [0, 0.05) is 33.8 Å². The fourth-order valence-corrected chi connectivity index (χ4v) is 13.0. The summed E-state index contributed by atoms with van der Waals surface area (Å²) in [7, 11) is 0. The topological polar surface area (TPSA) is 9.72 Å². The zero-order chi connectivity index (χ0) is 47.0. The van der Waals surface area contributed by atoms with Crippen LogP contribution in [0.25, 0.3) is 99.1 Å². The van der Waals surface area contributed by atoms with Crippen LogP contribution in [0.5, 0.6) is 0 Å². The molecule has 3 nitrogen and oxygen atoms in total. The van der Waals surface area contributed by atoms with E-state index < -0.39 is 0 Å². The van der Waals surface area contributed by atoms with Crippen LogP contribution in [-0.4, -0.2) is 20.9 Å². The van der Waals surface area contributed by atoms with Crippen LogP contribution < -0.4 is 30.6 Å². The molecule has 6 heteroatoms. The highest BCUT2D eigenvalue weighted by atomic mass is 15.3. The summed E-state index contributed by atoms with van der Waals surface area (Å²) in [4.78, 5) is 0. The Balaban J connectivity index is 0.949. The molecule has 12 aromatic rings. The first-order chi connectivity index (χ1) is 35.7. The smallest absolute Gasteiger partial charge is 0.389 e. The highest BCUT2D eigenvalue weighted by molar-refractivity contribution is 7.16. The third-order valence-electron chi connectivity index (χ3n) is 16.2. The molecule has 1 fully saturated rings. The Hall–Kier alpha value is -8.99. The number of hydrogen-bond donors (Lipinski definition) is 0. The quantitative estimate of drug-likeness (QED) is 0.164. The summed E-state index contributed by atoms with van der Waals surface area (Å²) in [6, 6.07) is 96.1. The van der Waals surface area contributed by atoms with E-state index in [1.54, 1.807) is 0 Å². The van der Waals surface area contributed by atoms with E-state index in [1.807, 2.05) is 0 Å². The van der Waals surface area contributed by atoms with E-state index in [-0.39, 0.29) is 20.9 Å². The van der Waals surface area contributed by atoms with Crippen LogP contribution in [0.2, 0.25) is 0 Å².